The molecule has 10 heteroatoms. The van der Waals surface area contributed by atoms with Crippen molar-refractivity contribution in [3.63, 3.8) is 0 Å². The van der Waals surface area contributed by atoms with E-state index in [1.807, 2.05) is 0 Å². The summed E-state index contributed by atoms with van der Waals surface area (Å²) in [6.45, 7) is 1.11. The first-order valence-corrected chi connectivity index (χ1v) is 4.59. The number of nitrogens with zero attached hydrogens (tertiary/aromatic N) is 2. The maximum absolute atomic E-state index is 10.7. The molecule has 0 saturated heterocycles. The average Bonchev–Trinajstić information content (AvgIpc) is 2.51. The Labute approximate surface area is 112 Å². The Hall–Kier alpha value is -1.38. The van der Waals surface area contributed by atoms with Crippen molar-refractivity contribution in [3.05, 3.63) is 11.1 Å². The van der Waals surface area contributed by atoms with Crippen molar-refractivity contribution in [2.75, 3.05) is 5.73 Å². The number of aliphatic carboxylic acids is 1. The van der Waals surface area contributed by atoms with Crippen LogP contribution in [0.1, 0.15) is 12.6 Å². The van der Waals surface area contributed by atoms with Gasteiger partial charge in [0.2, 0.25) is 5.71 Å². The second-order valence-electron chi connectivity index (χ2n) is 2.40. The highest BCUT2D eigenvalue weighted by Crippen LogP contribution is 2.12. The number of nitrogen functional groups attached to an aromatic ring is 1. The highest BCUT2D eigenvalue weighted by molar-refractivity contribution is 7.13. The van der Waals surface area contributed by atoms with Crippen LogP contribution in [0.2, 0.25) is 0 Å². The van der Waals surface area contributed by atoms with Gasteiger partial charge in [0, 0.05) is 12.3 Å². The van der Waals surface area contributed by atoms with Gasteiger partial charge in [0.05, 0.1) is 0 Å². The molecule has 7 nitrogen and oxygen atoms in total. The average molecular weight is 302 g/mol. The molecule has 0 aromatic carbocycles. The third-order valence-electron chi connectivity index (χ3n) is 1.23. The molecule has 0 aliphatic rings. The van der Waals surface area contributed by atoms with Crippen LogP contribution in [0, 0.1) is 0 Å². The maximum Gasteiger partial charge on any atom is 0.360 e. The Balaban J connectivity index is 0. The van der Waals surface area contributed by atoms with Gasteiger partial charge in [-0.05, 0) is 0 Å². The molecule has 0 bridgehead atoms. The number of anilines is 1. The molecule has 3 N–H and O–H groups in total. The van der Waals surface area contributed by atoms with Crippen LogP contribution in [-0.4, -0.2) is 27.7 Å². The number of carboxylic acid groups (broad SMARTS) is 1. The molecule has 0 fully saturated rings. The lowest BCUT2D eigenvalue weighted by Crippen LogP contribution is -2.16. The minimum atomic E-state index is -1.35. The highest BCUT2D eigenvalue weighted by atomic mass is 35.5. The summed E-state index contributed by atoms with van der Waals surface area (Å²) in [5, 5.41) is 13.5. The maximum atomic E-state index is 10.7. The number of hydrogen-bond donors (Lipinski definition) is 2. The Kier molecular flexibility index (Phi) is 8.28. The summed E-state index contributed by atoms with van der Waals surface area (Å²) in [6, 6.07) is 0. The van der Waals surface area contributed by atoms with Gasteiger partial charge in [0.25, 0.3) is 0 Å². The minimum absolute atomic E-state index is 0. The zero-order valence-electron chi connectivity index (χ0n) is 8.45. The van der Waals surface area contributed by atoms with Crippen molar-refractivity contribution >= 4 is 58.9 Å². The zero-order valence-corrected chi connectivity index (χ0v) is 10.9. The van der Waals surface area contributed by atoms with Crippen molar-refractivity contribution < 1.29 is 19.5 Å². The Morgan fingerprint density at radius 1 is 1.53 bits per heavy atom. The van der Waals surface area contributed by atoms with Crippen LogP contribution in [0.5, 0.6) is 0 Å². The molecule has 0 spiro atoms. The van der Waals surface area contributed by atoms with E-state index in [4.69, 9.17) is 10.8 Å². The number of aromatic nitrogens is 1. The van der Waals surface area contributed by atoms with Crippen LogP contribution in [0.25, 0.3) is 0 Å². The summed E-state index contributed by atoms with van der Waals surface area (Å²) in [7, 11) is 0. The predicted molar refractivity (Wildman–Crippen MR) is 67.0 cm³/mol. The smallest absolute Gasteiger partial charge is 0.360 e. The van der Waals surface area contributed by atoms with E-state index in [0.29, 0.717) is 0 Å². The fourth-order valence-corrected chi connectivity index (χ4v) is 1.25. The molecular weight excluding hydrogens is 293 g/mol. The number of carbonyl (C=O) groups excluding carboxylic acids is 1. The SMILES string of the molecule is CC(=O)ON=C(C(=O)O)c1csc(N)n1.Cl.Cl. The van der Waals surface area contributed by atoms with Gasteiger partial charge in [0.1, 0.15) is 5.69 Å². The van der Waals surface area contributed by atoms with E-state index in [1.165, 1.54) is 5.38 Å². The Bertz CT molecular complexity index is 435. The number of halogens is 2. The second kappa shape index (κ2) is 7.82. The predicted octanol–water partition coefficient (Wildman–Crippen LogP) is 0.921. The number of oxime groups is 1. The molecule has 1 aromatic heterocycles. The first-order chi connectivity index (χ1) is 7.00. The molecule has 1 heterocycles. The lowest BCUT2D eigenvalue weighted by molar-refractivity contribution is -0.141. The number of thiazole rings is 1. The van der Waals surface area contributed by atoms with Gasteiger partial charge >= 0.3 is 11.9 Å². The fourth-order valence-electron chi connectivity index (χ4n) is 0.702. The van der Waals surface area contributed by atoms with Crippen LogP contribution >= 0.6 is 36.2 Å². The molecule has 0 amide bonds. The lowest BCUT2D eigenvalue weighted by atomic mass is 10.3. The van der Waals surface area contributed by atoms with Gasteiger partial charge in [-0.2, -0.15) is 0 Å². The molecule has 0 radical (unpaired) electrons. The number of carbonyl (C=O) groups is 2. The van der Waals surface area contributed by atoms with E-state index < -0.39 is 17.7 Å². The van der Waals surface area contributed by atoms with Gasteiger partial charge < -0.3 is 15.7 Å². The summed E-state index contributed by atoms with van der Waals surface area (Å²) in [4.78, 5) is 29.1. The van der Waals surface area contributed by atoms with Crippen LogP contribution in [0.4, 0.5) is 5.13 Å². The van der Waals surface area contributed by atoms with Crippen molar-refractivity contribution in [1.82, 2.24) is 4.98 Å². The number of rotatable bonds is 3. The van der Waals surface area contributed by atoms with Crippen molar-refractivity contribution in [2.24, 2.45) is 5.16 Å². The van der Waals surface area contributed by atoms with E-state index in [0.717, 1.165) is 18.3 Å². The van der Waals surface area contributed by atoms with E-state index in [1.54, 1.807) is 0 Å². The quantitative estimate of drug-likeness (QED) is 0.487. The van der Waals surface area contributed by atoms with Gasteiger partial charge in [-0.3, -0.25) is 0 Å². The summed E-state index contributed by atoms with van der Waals surface area (Å²) in [5.74, 6) is -2.06. The van der Waals surface area contributed by atoms with Crippen LogP contribution < -0.4 is 5.73 Å². The van der Waals surface area contributed by atoms with Crippen molar-refractivity contribution in [2.45, 2.75) is 6.92 Å². The fraction of sp³-hybridized carbons (Fsp3) is 0.143. The largest absolute Gasteiger partial charge is 0.476 e. The van der Waals surface area contributed by atoms with Gasteiger partial charge in [-0.1, -0.05) is 5.16 Å². The summed E-state index contributed by atoms with van der Waals surface area (Å²) in [6.07, 6.45) is 0. The molecule has 0 saturated carbocycles. The standard InChI is InChI=1S/C7H7N3O4S.2ClH/c1-3(11)14-10-5(6(12)13)4-2-15-7(8)9-4;;/h2H,1H3,(H2,8,9)(H,12,13);2*1H. The Morgan fingerprint density at radius 3 is 2.47 bits per heavy atom. The highest BCUT2D eigenvalue weighted by Gasteiger charge is 2.17. The molecule has 17 heavy (non-hydrogen) atoms. The van der Waals surface area contributed by atoms with Crippen molar-refractivity contribution in [3.8, 4) is 0 Å². The first kappa shape index (κ1) is 18.0. The van der Waals surface area contributed by atoms with Gasteiger partial charge in [-0.15, -0.1) is 36.2 Å². The van der Waals surface area contributed by atoms with Crippen LogP contribution in [0.15, 0.2) is 10.5 Å². The monoisotopic (exact) mass is 301 g/mol. The number of carboxylic acids is 1. The molecule has 96 valence electrons. The molecule has 0 aliphatic heterocycles. The molecule has 1 rings (SSSR count). The normalized spacial score (nSPS) is 9.82. The van der Waals surface area contributed by atoms with Crippen LogP contribution in [-0.2, 0) is 14.4 Å². The topological polar surface area (TPSA) is 115 Å². The van der Waals surface area contributed by atoms with Crippen LogP contribution in [0.3, 0.4) is 0 Å². The number of nitrogens with two attached hydrogens (primary N) is 1. The molecule has 0 aliphatic carbocycles. The third kappa shape index (κ3) is 5.48. The van der Waals surface area contributed by atoms with Gasteiger partial charge in [0.15, 0.2) is 5.13 Å². The number of hydrogen-bond acceptors (Lipinski definition) is 7. The van der Waals surface area contributed by atoms with E-state index in [-0.39, 0.29) is 35.6 Å². The van der Waals surface area contributed by atoms with Crippen molar-refractivity contribution in [1.29, 1.82) is 0 Å². The van der Waals surface area contributed by atoms with E-state index in [2.05, 4.69) is 15.0 Å². The summed E-state index contributed by atoms with van der Waals surface area (Å²) < 4.78 is 0. The molecular formula is C7H9Cl2N3O4S. The van der Waals surface area contributed by atoms with E-state index in [9.17, 15) is 9.59 Å². The molecule has 0 atom stereocenters. The third-order valence-corrected chi connectivity index (χ3v) is 1.91. The summed E-state index contributed by atoms with van der Waals surface area (Å²) in [5.41, 5.74) is 4.93. The second-order valence-corrected chi connectivity index (χ2v) is 3.29. The Morgan fingerprint density at radius 2 is 2.12 bits per heavy atom. The molecule has 1 aromatic rings. The van der Waals surface area contributed by atoms with Gasteiger partial charge in [-0.25, -0.2) is 14.6 Å². The summed E-state index contributed by atoms with van der Waals surface area (Å²) >= 11 is 1.07. The molecule has 0 unspecified atom stereocenters. The van der Waals surface area contributed by atoms with E-state index >= 15 is 0 Å². The first-order valence-electron chi connectivity index (χ1n) is 3.71. The minimum Gasteiger partial charge on any atom is -0.476 e. The zero-order chi connectivity index (χ0) is 11.4. The lowest BCUT2D eigenvalue weighted by Gasteiger charge is -1.95.